The third-order valence-electron chi connectivity index (χ3n) is 7.69. The molecular formula is C31H27N3O4S. The van der Waals surface area contributed by atoms with Gasteiger partial charge in [0.15, 0.2) is 0 Å². The molecule has 8 heteroatoms. The van der Waals surface area contributed by atoms with Crippen LogP contribution in [0.1, 0.15) is 46.2 Å². The molecule has 2 aromatic carbocycles. The number of esters is 1. The smallest absolute Gasteiger partial charge is 0.347 e. The van der Waals surface area contributed by atoms with E-state index >= 15 is 0 Å². The number of hydrogen-bond donors (Lipinski definition) is 0. The van der Waals surface area contributed by atoms with Crippen LogP contribution >= 0.6 is 11.3 Å². The Labute approximate surface area is 230 Å². The van der Waals surface area contributed by atoms with E-state index in [2.05, 4.69) is 10.6 Å². The summed E-state index contributed by atoms with van der Waals surface area (Å²) in [7, 11) is 1.54. The van der Waals surface area contributed by atoms with Crippen molar-refractivity contribution in [2.24, 2.45) is 0 Å². The van der Waals surface area contributed by atoms with E-state index in [0.29, 0.717) is 48.7 Å². The van der Waals surface area contributed by atoms with E-state index in [1.807, 2.05) is 60.8 Å². The summed E-state index contributed by atoms with van der Waals surface area (Å²) in [5.74, 6) is 0.246. The summed E-state index contributed by atoms with van der Waals surface area (Å²) >= 11 is 1.60. The molecule has 2 aliphatic heterocycles. The summed E-state index contributed by atoms with van der Waals surface area (Å²) in [6.45, 7) is 2.99. The van der Waals surface area contributed by atoms with Crippen LogP contribution in [0, 0.1) is 11.3 Å². The fraction of sp³-hybridized carbons (Fsp3) is 0.258. The first-order valence-electron chi connectivity index (χ1n) is 12.9. The SMILES string of the molecule is COc1cc2c(cc1C(=O)Oc1ccccc1)-c1c(-c3cccs3)cc(C(=O)N3CCC[C@]3(C)C#N)n1CC2. The van der Waals surface area contributed by atoms with Crippen LogP contribution in [0.2, 0.25) is 0 Å². The molecule has 6 rings (SSSR count). The van der Waals surface area contributed by atoms with E-state index < -0.39 is 11.5 Å². The minimum atomic E-state index is -0.820. The van der Waals surface area contributed by atoms with Gasteiger partial charge in [-0.25, -0.2) is 4.79 Å². The Balaban J connectivity index is 1.49. The zero-order valence-electron chi connectivity index (χ0n) is 21.8. The second-order valence-corrected chi connectivity index (χ2v) is 11.0. The summed E-state index contributed by atoms with van der Waals surface area (Å²) < 4.78 is 13.3. The Hall–Kier alpha value is -4.35. The number of likely N-dealkylation sites (tertiary alicyclic amines) is 1. The number of aromatic nitrogens is 1. The molecule has 2 aliphatic rings. The number of ether oxygens (including phenoxy) is 2. The lowest BCUT2D eigenvalue weighted by molar-refractivity contribution is 0.0680. The largest absolute Gasteiger partial charge is 0.496 e. The molecule has 0 radical (unpaired) electrons. The molecule has 2 aromatic heterocycles. The van der Waals surface area contributed by atoms with Crippen LogP contribution in [0.25, 0.3) is 21.7 Å². The molecular weight excluding hydrogens is 510 g/mol. The molecule has 1 fully saturated rings. The topological polar surface area (TPSA) is 84.6 Å². The Morgan fingerprint density at radius 2 is 1.87 bits per heavy atom. The molecule has 1 saturated heterocycles. The minimum absolute atomic E-state index is 0.138. The summed E-state index contributed by atoms with van der Waals surface area (Å²) in [6.07, 6.45) is 2.13. The lowest BCUT2D eigenvalue weighted by Crippen LogP contribution is -2.44. The maximum Gasteiger partial charge on any atom is 0.347 e. The number of hydrogen-bond acceptors (Lipinski definition) is 6. The number of benzene rings is 2. The maximum atomic E-state index is 13.9. The fourth-order valence-corrected chi connectivity index (χ4v) is 6.42. The molecule has 4 aromatic rings. The molecule has 7 nitrogen and oxygen atoms in total. The molecule has 4 heterocycles. The third kappa shape index (κ3) is 4.19. The number of thiophene rings is 1. The van der Waals surface area contributed by atoms with Crippen LogP contribution in [-0.2, 0) is 13.0 Å². The van der Waals surface area contributed by atoms with E-state index in [4.69, 9.17) is 9.47 Å². The summed E-state index contributed by atoms with van der Waals surface area (Å²) in [5.41, 5.74) is 3.78. The van der Waals surface area contributed by atoms with Crippen molar-refractivity contribution in [3.8, 4) is 39.3 Å². The van der Waals surface area contributed by atoms with Gasteiger partial charge >= 0.3 is 5.97 Å². The molecule has 0 spiro atoms. The van der Waals surface area contributed by atoms with Crippen molar-refractivity contribution >= 4 is 23.2 Å². The lowest BCUT2D eigenvalue weighted by Gasteiger charge is -2.30. The van der Waals surface area contributed by atoms with Crippen molar-refractivity contribution in [3.05, 3.63) is 82.9 Å². The molecule has 0 aliphatic carbocycles. The van der Waals surface area contributed by atoms with E-state index in [-0.39, 0.29) is 5.91 Å². The molecule has 1 amide bonds. The van der Waals surface area contributed by atoms with Gasteiger partial charge in [0.1, 0.15) is 28.3 Å². The highest BCUT2D eigenvalue weighted by Gasteiger charge is 2.42. The lowest BCUT2D eigenvalue weighted by atomic mass is 9.93. The highest BCUT2D eigenvalue weighted by atomic mass is 32.1. The highest BCUT2D eigenvalue weighted by Crippen LogP contribution is 2.44. The average Bonchev–Trinajstić information content (AvgIpc) is 3.71. The number of fused-ring (bicyclic) bond motifs is 3. The highest BCUT2D eigenvalue weighted by molar-refractivity contribution is 7.13. The van der Waals surface area contributed by atoms with E-state index in [9.17, 15) is 14.9 Å². The number of carbonyl (C=O) groups is 2. The first-order valence-corrected chi connectivity index (χ1v) is 13.8. The van der Waals surface area contributed by atoms with E-state index in [1.165, 1.54) is 0 Å². The summed E-state index contributed by atoms with van der Waals surface area (Å²) in [4.78, 5) is 30.0. The Morgan fingerprint density at radius 1 is 1.05 bits per heavy atom. The van der Waals surface area contributed by atoms with Gasteiger partial charge in [-0.15, -0.1) is 11.3 Å². The molecule has 1 atom stereocenters. The van der Waals surface area contributed by atoms with Gasteiger partial charge in [0.2, 0.25) is 0 Å². The number of rotatable bonds is 5. The van der Waals surface area contributed by atoms with Gasteiger partial charge in [0.25, 0.3) is 5.91 Å². The number of nitriles is 1. The van der Waals surface area contributed by atoms with Crippen LogP contribution in [0.3, 0.4) is 0 Å². The Bertz CT molecular complexity index is 1620. The molecule has 0 N–H and O–H groups in total. The fourth-order valence-electron chi connectivity index (χ4n) is 5.67. The van der Waals surface area contributed by atoms with Gasteiger partial charge in [0.05, 0.1) is 18.9 Å². The first kappa shape index (κ1) is 25.0. The Morgan fingerprint density at radius 3 is 2.59 bits per heavy atom. The molecule has 39 heavy (non-hydrogen) atoms. The quantitative estimate of drug-likeness (QED) is 0.224. The van der Waals surface area contributed by atoms with Gasteiger partial charge in [-0.2, -0.15) is 5.26 Å². The van der Waals surface area contributed by atoms with Crippen LogP contribution in [0.15, 0.2) is 66.0 Å². The maximum absolute atomic E-state index is 13.9. The number of aryl methyl sites for hydroxylation is 1. The van der Waals surface area contributed by atoms with Crippen LogP contribution in [0.5, 0.6) is 11.5 Å². The van der Waals surface area contributed by atoms with Gasteiger partial charge in [-0.1, -0.05) is 24.3 Å². The summed E-state index contributed by atoms with van der Waals surface area (Å²) in [5, 5.41) is 11.9. The number of para-hydroxylation sites is 1. The molecule has 196 valence electrons. The van der Waals surface area contributed by atoms with E-state index in [1.54, 1.807) is 35.5 Å². The van der Waals surface area contributed by atoms with Gasteiger partial charge in [-0.05, 0) is 73.5 Å². The molecule has 0 saturated carbocycles. The zero-order chi connectivity index (χ0) is 27.1. The minimum Gasteiger partial charge on any atom is -0.496 e. The average molecular weight is 538 g/mol. The Kier molecular flexibility index (Phi) is 6.24. The van der Waals surface area contributed by atoms with E-state index in [0.717, 1.165) is 33.7 Å². The summed E-state index contributed by atoms with van der Waals surface area (Å²) in [6, 6.07) is 21.0. The standard InChI is InChI=1S/C31H27N3O4S/c1-31(19-32)12-7-13-34(31)29(35)25-18-24(27-10-6-15-39-27)28-22-17-23(30(36)38-21-8-4-3-5-9-21)26(37-2)16-20(22)11-14-33(25)28/h3-6,8-10,15-18H,7,11-14H2,1-2H3/t31-/m1/s1. The number of carbonyl (C=O) groups excluding carboxylic acids is 2. The van der Waals surface area contributed by atoms with Crippen molar-refractivity contribution in [2.45, 2.75) is 38.3 Å². The van der Waals surface area contributed by atoms with Crippen LogP contribution in [-0.4, -0.2) is 40.5 Å². The second kappa shape index (κ2) is 9.75. The number of methoxy groups -OCH3 is 1. The van der Waals surface area contributed by atoms with Gasteiger partial charge < -0.3 is 18.9 Å². The predicted octanol–water partition coefficient (Wildman–Crippen LogP) is 6.19. The second-order valence-electron chi connectivity index (χ2n) is 10.0. The van der Waals surface area contributed by atoms with Crippen molar-refractivity contribution in [3.63, 3.8) is 0 Å². The third-order valence-corrected chi connectivity index (χ3v) is 8.59. The number of amides is 1. The zero-order valence-corrected chi connectivity index (χ0v) is 22.6. The monoisotopic (exact) mass is 537 g/mol. The number of nitrogens with zero attached hydrogens (tertiary/aromatic N) is 3. The van der Waals surface area contributed by atoms with Crippen molar-refractivity contribution < 1.29 is 19.1 Å². The van der Waals surface area contributed by atoms with Crippen LogP contribution in [0.4, 0.5) is 0 Å². The van der Waals surface area contributed by atoms with Crippen molar-refractivity contribution in [2.75, 3.05) is 13.7 Å². The van der Waals surface area contributed by atoms with Gasteiger partial charge in [-0.3, -0.25) is 4.79 Å². The van der Waals surface area contributed by atoms with Crippen molar-refractivity contribution in [1.82, 2.24) is 9.47 Å². The first-order chi connectivity index (χ1) is 18.9. The predicted molar refractivity (Wildman–Crippen MR) is 149 cm³/mol. The van der Waals surface area contributed by atoms with Crippen LogP contribution < -0.4 is 9.47 Å². The van der Waals surface area contributed by atoms with Crippen molar-refractivity contribution in [1.29, 1.82) is 5.26 Å². The van der Waals surface area contributed by atoms with Gasteiger partial charge in [0, 0.05) is 29.1 Å². The normalized spacial score (nSPS) is 17.7. The molecule has 0 bridgehead atoms. The molecule has 0 unspecified atom stereocenters.